The molecular formula is C17H19ClN4O3. The zero-order chi connectivity index (χ0) is 18.8. The van der Waals surface area contributed by atoms with Gasteiger partial charge in [0.1, 0.15) is 11.4 Å². The molecule has 1 aromatic carbocycles. The molecule has 0 spiro atoms. The first kappa shape index (κ1) is 18.7. The quantitative estimate of drug-likeness (QED) is 0.711. The molecule has 25 heavy (non-hydrogen) atoms. The number of hydrogen-bond acceptors (Lipinski definition) is 4. The van der Waals surface area contributed by atoms with Crippen molar-refractivity contribution in [2.75, 3.05) is 0 Å². The van der Waals surface area contributed by atoms with E-state index in [0.717, 1.165) is 0 Å². The molecular weight excluding hydrogens is 344 g/mol. The van der Waals surface area contributed by atoms with E-state index < -0.39 is 17.4 Å². The Morgan fingerprint density at radius 2 is 1.72 bits per heavy atom. The number of aromatic nitrogens is 2. The number of nitrogens with one attached hydrogen (secondary N) is 3. The van der Waals surface area contributed by atoms with Crippen LogP contribution in [0.1, 0.15) is 53.0 Å². The minimum Gasteiger partial charge on any atom is -0.309 e. The highest BCUT2D eigenvalue weighted by Crippen LogP contribution is 2.17. The number of hydrazine groups is 1. The Hall–Kier alpha value is -2.67. The Labute approximate surface area is 149 Å². The standard InChI is InChI=1S/C17H19ClN4O3/c1-9-12(14(24)20-16(19-9)17(2,3)4)15(25)22-21-13(23)10-7-5-6-8-11(10)18/h5-8H,1-4H3,(H,21,23)(H,22,25)(H,19,20,24). The van der Waals surface area contributed by atoms with Gasteiger partial charge >= 0.3 is 0 Å². The van der Waals surface area contributed by atoms with E-state index in [1.54, 1.807) is 25.1 Å². The van der Waals surface area contributed by atoms with E-state index in [2.05, 4.69) is 20.8 Å². The van der Waals surface area contributed by atoms with E-state index in [9.17, 15) is 14.4 Å². The molecule has 0 fully saturated rings. The van der Waals surface area contributed by atoms with Crippen LogP contribution in [0.25, 0.3) is 0 Å². The fraction of sp³-hybridized carbons (Fsp3) is 0.294. The molecule has 132 valence electrons. The lowest BCUT2D eigenvalue weighted by Gasteiger charge is -2.18. The van der Waals surface area contributed by atoms with Crippen molar-refractivity contribution in [3.63, 3.8) is 0 Å². The van der Waals surface area contributed by atoms with E-state index in [-0.39, 0.29) is 27.3 Å². The second-order valence-electron chi connectivity index (χ2n) is 6.51. The van der Waals surface area contributed by atoms with Crippen molar-refractivity contribution >= 4 is 23.4 Å². The second kappa shape index (κ2) is 7.06. The van der Waals surface area contributed by atoms with Crippen molar-refractivity contribution in [2.24, 2.45) is 0 Å². The van der Waals surface area contributed by atoms with Crippen LogP contribution in [-0.4, -0.2) is 21.8 Å². The van der Waals surface area contributed by atoms with Crippen molar-refractivity contribution in [2.45, 2.75) is 33.1 Å². The summed E-state index contributed by atoms with van der Waals surface area (Å²) in [5.74, 6) is -0.869. The molecule has 0 saturated heterocycles. The predicted octanol–water partition coefficient (Wildman–Crippen LogP) is 2.10. The summed E-state index contributed by atoms with van der Waals surface area (Å²) in [6.45, 7) is 7.26. The van der Waals surface area contributed by atoms with Crippen LogP contribution in [0.15, 0.2) is 29.1 Å². The summed E-state index contributed by atoms with van der Waals surface area (Å²) in [5.41, 5.74) is 3.83. The lowest BCUT2D eigenvalue weighted by Crippen LogP contribution is -2.44. The zero-order valence-electron chi connectivity index (χ0n) is 14.4. The van der Waals surface area contributed by atoms with Crippen LogP contribution < -0.4 is 16.4 Å². The summed E-state index contributed by atoms with van der Waals surface area (Å²) < 4.78 is 0. The summed E-state index contributed by atoms with van der Waals surface area (Å²) >= 11 is 5.92. The molecule has 2 rings (SSSR count). The van der Waals surface area contributed by atoms with Crippen LogP contribution in [0.5, 0.6) is 0 Å². The molecule has 7 nitrogen and oxygen atoms in total. The number of halogens is 1. The zero-order valence-corrected chi connectivity index (χ0v) is 15.1. The maximum atomic E-state index is 12.2. The smallest absolute Gasteiger partial charge is 0.277 e. The first-order valence-corrected chi connectivity index (χ1v) is 7.95. The monoisotopic (exact) mass is 362 g/mol. The van der Waals surface area contributed by atoms with Gasteiger partial charge in [-0.25, -0.2) is 4.98 Å². The molecule has 3 N–H and O–H groups in total. The van der Waals surface area contributed by atoms with Crippen LogP contribution in [0.4, 0.5) is 0 Å². The predicted molar refractivity (Wildman–Crippen MR) is 94.7 cm³/mol. The molecule has 0 bridgehead atoms. The number of aryl methyl sites for hydroxylation is 1. The Kier molecular flexibility index (Phi) is 5.27. The molecule has 0 aliphatic rings. The Morgan fingerprint density at radius 3 is 2.28 bits per heavy atom. The number of carbonyl (C=O) groups is 2. The summed E-state index contributed by atoms with van der Waals surface area (Å²) in [4.78, 5) is 43.4. The fourth-order valence-corrected chi connectivity index (χ4v) is 2.32. The first-order chi connectivity index (χ1) is 11.6. The lowest BCUT2D eigenvalue weighted by atomic mass is 9.95. The van der Waals surface area contributed by atoms with Crippen LogP contribution in [0.2, 0.25) is 5.02 Å². The highest BCUT2D eigenvalue weighted by molar-refractivity contribution is 6.33. The minimum atomic E-state index is -0.757. The Morgan fingerprint density at radius 1 is 1.12 bits per heavy atom. The van der Waals surface area contributed by atoms with E-state index in [1.165, 1.54) is 6.07 Å². The molecule has 0 aliphatic heterocycles. The summed E-state index contributed by atoms with van der Waals surface area (Å²) in [6, 6.07) is 6.40. The summed E-state index contributed by atoms with van der Waals surface area (Å²) in [6.07, 6.45) is 0. The minimum absolute atomic E-state index is 0.160. The second-order valence-corrected chi connectivity index (χ2v) is 6.92. The van der Waals surface area contributed by atoms with Gasteiger partial charge in [0.2, 0.25) is 0 Å². The SMILES string of the molecule is Cc1nc(C(C)(C)C)[nH]c(=O)c1C(=O)NNC(=O)c1ccccc1Cl. The van der Waals surface area contributed by atoms with Crippen LogP contribution >= 0.6 is 11.6 Å². The fourth-order valence-electron chi connectivity index (χ4n) is 2.10. The topological polar surface area (TPSA) is 104 Å². The average Bonchev–Trinajstić information content (AvgIpc) is 2.51. The molecule has 2 aromatic rings. The molecule has 1 aromatic heterocycles. The van der Waals surface area contributed by atoms with Gasteiger partial charge in [-0.15, -0.1) is 0 Å². The molecule has 1 heterocycles. The highest BCUT2D eigenvalue weighted by Gasteiger charge is 2.22. The third-order valence-corrected chi connectivity index (χ3v) is 3.78. The van der Waals surface area contributed by atoms with Gasteiger partial charge in [0.15, 0.2) is 0 Å². The van der Waals surface area contributed by atoms with Gasteiger partial charge in [-0.05, 0) is 19.1 Å². The number of aromatic amines is 1. The molecule has 2 amide bonds. The Bertz CT molecular complexity index is 884. The van der Waals surface area contributed by atoms with E-state index in [1.807, 2.05) is 20.8 Å². The number of benzene rings is 1. The number of amides is 2. The van der Waals surface area contributed by atoms with E-state index in [0.29, 0.717) is 5.82 Å². The van der Waals surface area contributed by atoms with Gasteiger partial charge in [0.25, 0.3) is 17.4 Å². The number of hydrogen-bond donors (Lipinski definition) is 3. The normalized spacial score (nSPS) is 11.1. The van der Waals surface area contributed by atoms with Gasteiger partial charge in [-0.2, -0.15) is 0 Å². The van der Waals surface area contributed by atoms with Crippen molar-refractivity contribution in [3.8, 4) is 0 Å². The van der Waals surface area contributed by atoms with Crippen molar-refractivity contribution in [3.05, 3.63) is 62.3 Å². The number of H-pyrrole nitrogens is 1. The summed E-state index contributed by atoms with van der Waals surface area (Å²) in [5, 5.41) is 0.250. The van der Waals surface area contributed by atoms with Crippen molar-refractivity contribution in [1.82, 2.24) is 20.8 Å². The van der Waals surface area contributed by atoms with Gasteiger partial charge in [-0.3, -0.25) is 25.2 Å². The third-order valence-electron chi connectivity index (χ3n) is 3.45. The van der Waals surface area contributed by atoms with Gasteiger partial charge in [-0.1, -0.05) is 44.5 Å². The molecule has 0 unspecified atom stereocenters. The van der Waals surface area contributed by atoms with E-state index in [4.69, 9.17) is 11.6 Å². The number of rotatable bonds is 2. The van der Waals surface area contributed by atoms with Crippen molar-refractivity contribution in [1.29, 1.82) is 0 Å². The van der Waals surface area contributed by atoms with E-state index >= 15 is 0 Å². The molecule has 0 radical (unpaired) electrons. The maximum Gasteiger partial charge on any atom is 0.277 e. The summed E-state index contributed by atoms with van der Waals surface area (Å²) in [7, 11) is 0. The van der Waals surface area contributed by atoms with Gasteiger partial charge < -0.3 is 4.98 Å². The highest BCUT2D eigenvalue weighted by atomic mass is 35.5. The largest absolute Gasteiger partial charge is 0.309 e. The third kappa shape index (κ3) is 4.24. The molecule has 0 saturated carbocycles. The first-order valence-electron chi connectivity index (χ1n) is 7.58. The van der Waals surface area contributed by atoms with Crippen molar-refractivity contribution < 1.29 is 9.59 Å². The van der Waals surface area contributed by atoms with Crippen LogP contribution in [0.3, 0.4) is 0 Å². The number of nitrogens with zero attached hydrogens (tertiary/aromatic N) is 1. The maximum absolute atomic E-state index is 12.2. The van der Waals surface area contributed by atoms with Gasteiger partial charge in [0, 0.05) is 5.41 Å². The molecule has 0 atom stereocenters. The van der Waals surface area contributed by atoms with Gasteiger partial charge in [0.05, 0.1) is 16.3 Å². The average molecular weight is 363 g/mol. The number of carbonyl (C=O) groups excluding carboxylic acids is 2. The van der Waals surface area contributed by atoms with Crippen LogP contribution in [-0.2, 0) is 5.41 Å². The lowest BCUT2D eigenvalue weighted by molar-refractivity contribution is 0.0845. The molecule has 0 aliphatic carbocycles. The Balaban J connectivity index is 2.18. The van der Waals surface area contributed by atoms with Crippen LogP contribution in [0, 0.1) is 6.92 Å². The molecule has 8 heteroatoms.